The Morgan fingerprint density at radius 1 is 1.00 bits per heavy atom. The van der Waals surface area contributed by atoms with Gasteiger partial charge in [0.25, 0.3) is 5.56 Å². The summed E-state index contributed by atoms with van der Waals surface area (Å²) >= 11 is 5.99. The van der Waals surface area contributed by atoms with Crippen LogP contribution in [0.15, 0.2) is 82.5 Å². The molecule has 2 aromatic heterocycles. The number of esters is 1. The first-order valence-electron chi connectivity index (χ1n) is 11.6. The standard InChI is InChI=1S/C27H25ClN4O5/c1-3-31-25(33)15-23(32(27(31)35)17-18-8-10-20(28)11-9-18)30-21-12-13-24(29-16-21)37-22-7-5-6-19(14-22)26(34)36-4-2/h5-16,30H,3-4,17H2,1-2H3. The van der Waals surface area contributed by atoms with Gasteiger partial charge in [-0.3, -0.25) is 13.9 Å². The first kappa shape index (κ1) is 25.7. The van der Waals surface area contributed by atoms with Crippen LogP contribution in [0.5, 0.6) is 11.6 Å². The largest absolute Gasteiger partial charge is 0.462 e. The van der Waals surface area contributed by atoms with Crippen molar-refractivity contribution in [3.63, 3.8) is 0 Å². The number of benzene rings is 2. The average molecular weight is 521 g/mol. The number of carbonyl (C=O) groups is 1. The number of halogens is 1. The maximum Gasteiger partial charge on any atom is 0.338 e. The number of ether oxygens (including phenoxy) is 2. The zero-order chi connectivity index (χ0) is 26.4. The van der Waals surface area contributed by atoms with Gasteiger partial charge in [-0.2, -0.15) is 0 Å². The zero-order valence-corrected chi connectivity index (χ0v) is 21.1. The molecule has 0 spiro atoms. The van der Waals surface area contributed by atoms with E-state index in [1.54, 1.807) is 62.4 Å². The van der Waals surface area contributed by atoms with E-state index >= 15 is 0 Å². The Balaban J connectivity index is 1.56. The fraction of sp³-hybridized carbons (Fsp3) is 0.185. The van der Waals surface area contributed by atoms with E-state index in [-0.39, 0.29) is 19.7 Å². The van der Waals surface area contributed by atoms with Gasteiger partial charge in [0.2, 0.25) is 5.88 Å². The van der Waals surface area contributed by atoms with Crippen molar-refractivity contribution >= 4 is 29.1 Å². The molecule has 9 nitrogen and oxygen atoms in total. The zero-order valence-electron chi connectivity index (χ0n) is 20.3. The van der Waals surface area contributed by atoms with E-state index in [1.807, 2.05) is 12.1 Å². The Labute approximate surface area is 217 Å². The highest BCUT2D eigenvalue weighted by atomic mass is 35.5. The molecule has 0 aliphatic carbocycles. The molecule has 0 atom stereocenters. The van der Waals surface area contributed by atoms with Crippen molar-refractivity contribution in [2.45, 2.75) is 26.9 Å². The third-order valence-electron chi connectivity index (χ3n) is 5.43. The van der Waals surface area contributed by atoms with Gasteiger partial charge in [-0.1, -0.05) is 29.8 Å². The molecule has 2 heterocycles. The van der Waals surface area contributed by atoms with Crippen LogP contribution in [0.1, 0.15) is 29.8 Å². The van der Waals surface area contributed by atoms with Crippen molar-refractivity contribution in [1.82, 2.24) is 14.1 Å². The molecule has 37 heavy (non-hydrogen) atoms. The minimum absolute atomic E-state index is 0.240. The smallest absolute Gasteiger partial charge is 0.338 e. The predicted octanol–water partition coefficient (Wildman–Crippen LogP) is 4.84. The van der Waals surface area contributed by atoms with Crippen LogP contribution in [0.2, 0.25) is 5.02 Å². The fourth-order valence-electron chi connectivity index (χ4n) is 3.62. The first-order valence-corrected chi connectivity index (χ1v) is 12.0. The Bertz CT molecular complexity index is 1510. The maximum absolute atomic E-state index is 13.1. The first-order chi connectivity index (χ1) is 17.9. The molecule has 0 amide bonds. The van der Waals surface area contributed by atoms with E-state index in [0.29, 0.717) is 33.7 Å². The van der Waals surface area contributed by atoms with Crippen LogP contribution < -0.4 is 21.3 Å². The number of aromatic nitrogens is 3. The topological polar surface area (TPSA) is 104 Å². The van der Waals surface area contributed by atoms with Crippen molar-refractivity contribution in [3.8, 4) is 11.6 Å². The number of carbonyl (C=O) groups excluding carboxylic acids is 1. The van der Waals surface area contributed by atoms with E-state index in [0.717, 1.165) is 5.56 Å². The molecule has 0 aliphatic heterocycles. The molecule has 2 aromatic carbocycles. The second-order valence-electron chi connectivity index (χ2n) is 7.97. The lowest BCUT2D eigenvalue weighted by Crippen LogP contribution is -2.40. The second kappa shape index (κ2) is 11.6. The van der Waals surface area contributed by atoms with Gasteiger partial charge in [0.1, 0.15) is 11.6 Å². The van der Waals surface area contributed by atoms with E-state index in [9.17, 15) is 14.4 Å². The molecule has 0 fully saturated rings. The monoisotopic (exact) mass is 520 g/mol. The summed E-state index contributed by atoms with van der Waals surface area (Å²) < 4.78 is 13.4. The molecular formula is C27H25ClN4O5. The Morgan fingerprint density at radius 2 is 1.78 bits per heavy atom. The van der Waals surface area contributed by atoms with Crippen LogP contribution >= 0.6 is 11.6 Å². The van der Waals surface area contributed by atoms with Gasteiger partial charge in [-0.15, -0.1) is 0 Å². The Hall–Kier alpha value is -4.37. The van der Waals surface area contributed by atoms with Crippen molar-refractivity contribution in [2.75, 3.05) is 11.9 Å². The van der Waals surface area contributed by atoms with Crippen molar-refractivity contribution in [3.05, 3.63) is 110 Å². The highest BCUT2D eigenvalue weighted by molar-refractivity contribution is 6.30. The second-order valence-corrected chi connectivity index (χ2v) is 8.40. The molecule has 0 saturated heterocycles. The summed E-state index contributed by atoms with van der Waals surface area (Å²) in [5, 5.41) is 3.70. The number of pyridine rings is 1. The normalized spacial score (nSPS) is 10.7. The number of hydrogen-bond acceptors (Lipinski definition) is 7. The molecule has 0 saturated carbocycles. The summed E-state index contributed by atoms with van der Waals surface area (Å²) in [6, 6.07) is 18.5. The summed E-state index contributed by atoms with van der Waals surface area (Å²) in [6.45, 7) is 4.26. The molecule has 0 bridgehead atoms. The third kappa shape index (κ3) is 6.25. The van der Waals surface area contributed by atoms with Gasteiger partial charge in [0.15, 0.2) is 0 Å². The van der Waals surface area contributed by atoms with E-state index in [2.05, 4.69) is 10.3 Å². The van der Waals surface area contributed by atoms with Gasteiger partial charge < -0.3 is 14.8 Å². The number of hydrogen-bond donors (Lipinski definition) is 1. The van der Waals surface area contributed by atoms with Crippen LogP contribution in [0.3, 0.4) is 0 Å². The quantitative estimate of drug-likeness (QED) is 0.315. The lowest BCUT2D eigenvalue weighted by molar-refractivity contribution is 0.0526. The minimum Gasteiger partial charge on any atom is -0.462 e. The Kier molecular flexibility index (Phi) is 8.05. The van der Waals surface area contributed by atoms with E-state index < -0.39 is 17.2 Å². The number of nitrogens with zero attached hydrogens (tertiary/aromatic N) is 3. The van der Waals surface area contributed by atoms with Crippen molar-refractivity contribution < 1.29 is 14.3 Å². The van der Waals surface area contributed by atoms with Gasteiger partial charge in [-0.05, 0) is 55.8 Å². The summed E-state index contributed by atoms with van der Waals surface area (Å²) in [5.41, 5.74) is 0.935. The number of rotatable bonds is 9. The molecule has 10 heteroatoms. The maximum atomic E-state index is 13.1. The highest BCUT2D eigenvalue weighted by Gasteiger charge is 2.13. The lowest BCUT2D eigenvalue weighted by Gasteiger charge is -2.16. The molecular weight excluding hydrogens is 496 g/mol. The fourth-order valence-corrected chi connectivity index (χ4v) is 3.75. The third-order valence-corrected chi connectivity index (χ3v) is 5.68. The molecule has 4 aromatic rings. The van der Waals surface area contributed by atoms with E-state index in [1.165, 1.54) is 21.4 Å². The highest BCUT2D eigenvalue weighted by Crippen LogP contribution is 2.23. The molecule has 4 rings (SSSR count). The predicted molar refractivity (Wildman–Crippen MR) is 141 cm³/mol. The van der Waals surface area contributed by atoms with Crippen LogP contribution in [-0.2, 0) is 17.8 Å². The summed E-state index contributed by atoms with van der Waals surface area (Å²) in [7, 11) is 0. The number of nitrogens with one attached hydrogen (secondary N) is 1. The molecule has 0 unspecified atom stereocenters. The lowest BCUT2D eigenvalue weighted by atomic mass is 10.2. The van der Waals surface area contributed by atoms with Crippen molar-refractivity contribution in [1.29, 1.82) is 0 Å². The van der Waals surface area contributed by atoms with Crippen LogP contribution in [0, 0.1) is 0 Å². The number of anilines is 2. The summed E-state index contributed by atoms with van der Waals surface area (Å²) in [4.78, 5) is 41.9. The summed E-state index contributed by atoms with van der Waals surface area (Å²) in [5.74, 6) is 0.618. The van der Waals surface area contributed by atoms with Gasteiger partial charge in [-0.25, -0.2) is 14.6 Å². The SMILES string of the molecule is CCOC(=O)c1cccc(Oc2ccc(Nc3cc(=O)n(CC)c(=O)n3Cc3ccc(Cl)cc3)cn2)c1. The van der Waals surface area contributed by atoms with Crippen LogP contribution in [-0.4, -0.2) is 26.7 Å². The summed E-state index contributed by atoms with van der Waals surface area (Å²) in [6.07, 6.45) is 1.52. The van der Waals surface area contributed by atoms with Gasteiger partial charge >= 0.3 is 11.7 Å². The minimum atomic E-state index is -0.435. The molecule has 1 N–H and O–H groups in total. The average Bonchev–Trinajstić information content (AvgIpc) is 2.89. The van der Waals surface area contributed by atoms with E-state index in [4.69, 9.17) is 21.1 Å². The van der Waals surface area contributed by atoms with Crippen LogP contribution in [0.25, 0.3) is 0 Å². The van der Waals surface area contributed by atoms with Gasteiger partial charge in [0, 0.05) is 23.7 Å². The molecule has 0 radical (unpaired) electrons. The van der Waals surface area contributed by atoms with Crippen LogP contribution in [0.4, 0.5) is 11.5 Å². The van der Waals surface area contributed by atoms with Gasteiger partial charge in [0.05, 0.1) is 30.6 Å². The molecule has 0 aliphatic rings. The Morgan fingerprint density at radius 3 is 2.46 bits per heavy atom. The van der Waals surface area contributed by atoms with Crippen molar-refractivity contribution in [2.24, 2.45) is 0 Å². The molecule has 190 valence electrons.